The summed E-state index contributed by atoms with van der Waals surface area (Å²) < 4.78 is 29.6. The van der Waals surface area contributed by atoms with Gasteiger partial charge in [0.1, 0.15) is 5.52 Å². The van der Waals surface area contributed by atoms with Gasteiger partial charge in [-0.15, -0.1) is 0 Å². The van der Waals surface area contributed by atoms with E-state index in [1.165, 1.54) is 0 Å². The number of alkyl halides is 2. The number of carbonyl (C=O) groups is 1. The lowest BCUT2D eigenvalue weighted by atomic mass is 9.63. The first-order chi connectivity index (χ1) is 16.9. The van der Waals surface area contributed by atoms with E-state index in [2.05, 4.69) is 22.1 Å². The number of amides is 1. The molecule has 0 bridgehead atoms. The summed E-state index contributed by atoms with van der Waals surface area (Å²) in [5.74, 6) is -2.31. The lowest BCUT2D eigenvalue weighted by Gasteiger charge is -2.54. The van der Waals surface area contributed by atoms with Crippen molar-refractivity contribution in [1.29, 1.82) is 0 Å². The van der Waals surface area contributed by atoms with Crippen LogP contribution in [0, 0.1) is 11.8 Å². The molecule has 35 heavy (non-hydrogen) atoms. The lowest BCUT2D eigenvalue weighted by molar-refractivity contribution is -0.128. The Morgan fingerprint density at radius 1 is 1.14 bits per heavy atom. The van der Waals surface area contributed by atoms with E-state index >= 15 is 0 Å². The summed E-state index contributed by atoms with van der Waals surface area (Å²) in [6, 6.07) is -0.0666. The Morgan fingerprint density at radius 2 is 2.00 bits per heavy atom. The molecule has 0 aromatic carbocycles. The summed E-state index contributed by atoms with van der Waals surface area (Å²) in [7, 11) is 0. The molecule has 3 fully saturated rings. The van der Waals surface area contributed by atoms with Crippen molar-refractivity contribution in [3.05, 3.63) is 48.7 Å². The van der Waals surface area contributed by atoms with Gasteiger partial charge in [-0.2, -0.15) is 0 Å². The predicted octanol–water partition coefficient (Wildman–Crippen LogP) is 3.84. The molecule has 2 aliphatic carbocycles. The molecule has 2 saturated heterocycles. The quantitative estimate of drug-likeness (QED) is 0.718. The van der Waals surface area contributed by atoms with Crippen LogP contribution in [0.15, 0.2) is 42.9 Å². The molecule has 2 aromatic rings. The smallest absolute Gasteiger partial charge is 0.290 e. The van der Waals surface area contributed by atoms with Crippen LogP contribution in [0.25, 0.3) is 5.52 Å². The van der Waals surface area contributed by atoms with Gasteiger partial charge in [0.05, 0.1) is 18.3 Å². The number of hydrogen-bond acceptors (Lipinski definition) is 5. The SMILES string of the molecule is O=C(c1nc(N2CCC(F)(F)C2)c2cnccn12)N1CC[C@](O)(C2C=CC=CC2)[C@H]2CCCC[C@H]21. The number of piperidine rings is 1. The Morgan fingerprint density at radius 3 is 2.77 bits per heavy atom. The molecule has 0 spiro atoms. The molecule has 7 nitrogen and oxygen atoms in total. The van der Waals surface area contributed by atoms with E-state index in [4.69, 9.17) is 0 Å². The maximum Gasteiger partial charge on any atom is 0.290 e. The van der Waals surface area contributed by atoms with Crippen LogP contribution < -0.4 is 4.90 Å². The molecule has 4 atom stereocenters. The molecule has 1 N–H and O–H groups in total. The van der Waals surface area contributed by atoms with E-state index in [0.717, 1.165) is 32.1 Å². The van der Waals surface area contributed by atoms with Crippen LogP contribution in [-0.4, -0.2) is 67.5 Å². The number of halogens is 2. The van der Waals surface area contributed by atoms with Crippen molar-refractivity contribution in [2.75, 3.05) is 24.5 Å². The number of imidazole rings is 1. The predicted molar refractivity (Wildman–Crippen MR) is 128 cm³/mol. The molecule has 186 valence electrons. The highest BCUT2D eigenvalue weighted by atomic mass is 19.3. The van der Waals surface area contributed by atoms with Crippen molar-refractivity contribution >= 4 is 17.2 Å². The monoisotopic (exact) mass is 483 g/mol. The molecule has 1 unspecified atom stereocenters. The second kappa shape index (κ2) is 8.40. The van der Waals surface area contributed by atoms with Gasteiger partial charge in [0.25, 0.3) is 11.8 Å². The molecular weight excluding hydrogens is 452 g/mol. The Balaban J connectivity index is 1.33. The third-order valence-electron chi connectivity index (χ3n) is 8.50. The molecule has 2 aliphatic heterocycles. The van der Waals surface area contributed by atoms with E-state index in [1.54, 1.807) is 27.9 Å². The van der Waals surface area contributed by atoms with Gasteiger partial charge in [-0.25, -0.2) is 13.8 Å². The minimum Gasteiger partial charge on any atom is -0.389 e. The summed E-state index contributed by atoms with van der Waals surface area (Å²) in [5, 5.41) is 11.9. The second-order valence-electron chi connectivity index (χ2n) is 10.5. The molecule has 0 radical (unpaired) electrons. The largest absolute Gasteiger partial charge is 0.389 e. The molecular formula is C26H31F2N5O2. The van der Waals surface area contributed by atoms with Crippen molar-refractivity contribution in [2.45, 2.75) is 62.5 Å². The highest BCUT2D eigenvalue weighted by molar-refractivity contribution is 5.94. The minimum absolute atomic E-state index is 0.000243. The van der Waals surface area contributed by atoms with Gasteiger partial charge >= 0.3 is 0 Å². The first kappa shape index (κ1) is 22.6. The first-order valence-corrected chi connectivity index (χ1v) is 12.7. The number of hydrogen-bond donors (Lipinski definition) is 1. The van der Waals surface area contributed by atoms with Gasteiger partial charge in [-0.05, 0) is 25.7 Å². The normalized spacial score (nSPS) is 32.3. The highest BCUT2D eigenvalue weighted by Crippen LogP contribution is 2.47. The number of fused-ring (bicyclic) bond motifs is 2. The van der Waals surface area contributed by atoms with Crippen LogP contribution >= 0.6 is 0 Å². The number of nitrogens with zero attached hydrogens (tertiary/aromatic N) is 5. The summed E-state index contributed by atoms with van der Waals surface area (Å²) in [6.45, 7) is 0.224. The van der Waals surface area contributed by atoms with Crippen LogP contribution in [0.1, 0.15) is 55.6 Å². The Bertz CT molecular complexity index is 1190. The van der Waals surface area contributed by atoms with Crippen LogP contribution in [0.2, 0.25) is 0 Å². The van der Waals surface area contributed by atoms with Gasteiger partial charge in [0, 0.05) is 49.8 Å². The highest BCUT2D eigenvalue weighted by Gasteiger charge is 2.53. The fourth-order valence-corrected chi connectivity index (χ4v) is 6.73. The van der Waals surface area contributed by atoms with Crippen molar-refractivity contribution in [1.82, 2.24) is 19.3 Å². The van der Waals surface area contributed by atoms with Gasteiger partial charge in [0.15, 0.2) is 5.82 Å². The van der Waals surface area contributed by atoms with E-state index in [0.29, 0.717) is 24.3 Å². The number of aliphatic hydroxyl groups is 1. The average molecular weight is 484 g/mol. The number of allylic oxidation sites excluding steroid dienone is 3. The second-order valence-corrected chi connectivity index (χ2v) is 10.5. The van der Waals surface area contributed by atoms with Crippen molar-refractivity contribution in [3.63, 3.8) is 0 Å². The zero-order valence-electron chi connectivity index (χ0n) is 19.7. The standard InChI is InChI=1S/C26H31F2N5O2/c27-25(28)10-13-31(17-25)22-21-16-29-12-15-32(21)23(30-22)24(34)33-14-11-26(35,18-6-2-1-3-7-18)19-8-4-5-9-20(19)33/h1-3,6,12,15-16,18-20,35H,4-5,7-11,13-14,17H2/t18?,19-,20+,26-/m0/s1. The summed E-state index contributed by atoms with van der Waals surface area (Å²) in [6.07, 6.45) is 18.0. The Kier molecular flexibility index (Phi) is 5.43. The Hall–Kier alpha value is -2.81. The number of rotatable bonds is 3. The summed E-state index contributed by atoms with van der Waals surface area (Å²) in [5.41, 5.74) is -0.282. The minimum atomic E-state index is -2.77. The number of anilines is 1. The fourth-order valence-electron chi connectivity index (χ4n) is 6.73. The molecule has 6 rings (SSSR count). The zero-order chi connectivity index (χ0) is 24.2. The third kappa shape index (κ3) is 3.75. The van der Waals surface area contributed by atoms with Crippen LogP contribution in [0.4, 0.5) is 14.6 Å². The van der Waals surface area contributed by atoms with E-state index < -0.39 is 18.1 Å². The molecule has 9 heteroatoms. The molecule has 4 heterocycles. The van der Waals surface area contributed by atoms with Gasteiger partial charge in [-0.3, -0.25) is 14.2 Å². The van der Waals surface area contributed by atoms with Gasteiger partial charge in [-0.1, -0.05) is 37.1 Å². The van der Waals surface area contributed by atoms with Gasteiger partial charge in [0.2, 0.25) is 5.82 Å². The maximum atomic E-state index is 14.0. The van der Waals surface area contributed by atoms with Crippen molar-refractivity contribution in [3.8, 4) is 0 Å². The van der Waals surface area contributed by atoms with E-state index in [9.17, 15) is 18.7 Å². The van der Waals surface area contributed by atoms with Crippen LogP contribution in [-0.2, 0) is 0 Å². The fraction of sp³-hybridized carbons (Fsp3) is 0.577. The van der Waals surface area contributed by atoms with Crippen LogP contribution in [0.5, 0.6) is 0 Å². The third-order valence-corrected chi connectivity index (χ3v) is 8.50. The van der Waals surface area contributed by atoms with E-state index in [-0.39, 0.29) is 42.6 Å². The van der Waals surface area contributed by atoms with Crippen LogP contribution in [0.3, 0.4) is 0 Å². The number of aromatic nitrogens is 3. The first-order valence-electron chi connectivity index (χ1n) is 12.7. The summed E-state index contributed by atoms with van der Waals surface area (Å²) in [4.78, 5) is 26.2. The summed E-state index contributed by atoms with van der Waals surface area (Å²) >= 11 is 0. The van der Waals surface area contributed by atoms with Gasteiger partial charge < -0.3 is 14.9 Å². The molecule has 4 aliphatic rings. The maximum absolute atomic E-state index is 14.0. The van der Waals surface area contributed by atoms with Crippen molar-refractivity contribution in [2.24, 2.45) is 11.8 Å². The van der Waals surface area contributed by atoms with Crippen molar-refractivity contribution < 1.29 is 18.7 Å². The lowest BCUT2D eigenvalue weighted by Crippen LogP contribution is -2.62. The van der Waals surface area contributed by atoms with E-state index in [1.807, 2.05) is 17.1 Å². The number of carbonyl (C=O) groups excluding carboxylic acids is 1. The molecule has 2 aromatic heterocycles. The topological polar surface area (TPSA) is 74.0 Å². The average Bonchev–Trinajstić information content (AvgIpc) is 3.44. The Labute approximate surface area is 203 Å². The zero-order valence-corrected chi connectivity index (χ0v) is 19.7. The number of likely N-dealkylation sites (tertiary alicyclic amines) is 1. The molecule has 1 saturated carbocycles. The molecule has 1 amide bonds.